The monoisotopic (exact) mass is 305 g/mol. The summed E-state index contributed by atoms with van der Waals surface area (Å²) in [6, 6.07) is 7.81. The van der Waals surface area contributed by atoms with E-state index in [-0.39, 0.29) is 24.9 Å². The molecule has 0 saturated carbocycles. The van der Waals surface area contributed by atoms with Crippen molar-refractivity contribution in [1.82, 2.24) is 10.2 Å². The van der Waals surface area contributed by atoms with Crippen molar-refractivity contribution in [3.05, 3.63) is 29.8 Å². The summed E-state index contributed by atoms with van der Waals surface area (Å²) in [5.74, 6) is 0.188. The number of amides is 2. The van der Waals surface area contributed by atoms with Gasteiger partial charge in [0.25, 0.3) is 0 Å². The maximum absolute atomic E-state index is 12.2. The maximum Gasteiger partial charge on any atom is 0.238 e. The van der Waals surface area contributed by atoms with Crippen LogP contribution in [0, 0.1) is 0 Å². The quantitative estimate of drug-likeness (QED) is 0.774. The Morgan fingerprint density at radius 3 is 2.32 bits per heavy atom. The van der Waals surface area contributed by atoms with Crippen LogP contribution in [0.3, 0.4) is 0 Å². The number of carbonyl (C=O) groups excluding carboxylic acids is 2. The van der Waals surface area contributed by atoms with Crippen molar-refractivity contribution in [3.8, 4) is 0 Å². The zero-order valence-electron chi connectivity index (χ0n) is 14.0. The number of hydrogen-bond donors (Lipinski definition) is 2. The number of carbonyl (C=O) groups is 2. The maximum atomic E-state index is 12.2. The predicted octanol–water partition coefficient (Wildman–Crippen LogP) is 2.21. The van der Waals surface area contributed by atoms with Crippen LogP contribution in [0.15, 0.2) is 24.3 Å². The van der Waals surface area contributed by atoms with Crippen molar-refractivity contribution in [2.45, 2.75) is 33.6 Å². The van der Waals surface area contributed by atoms with Gasteiger partial charge in [0.2, 0.25) is 11.8 Å². The summed E-state index contributed by atoms with van der Waals surface area (Å²) in [5.41, 5.74) is 1.96. The van der Waals surface area contributed by atoms with E-state index in [1.165, 1.54) is 0 Å². The second-order valence-corrected chi connectivity index (χ2v) is 5.55. The van der Waals surface area contributed by atoms with Gasteiger partial charge in [0.15, 0.2) is 0 Å². The lowest BCUT2D eigenvalue weighted by atomic mass is 10.0. The average molecular weight is 305 g/mol. The summed E-state index contributed by atoms with van der Waals surface area (Å²) in [6.45, 7) is 9.71. The van der Waals surface area contributed by atoms with E-state index in [9.17, 15) is 9.59 Å². The van der Waals surface area contributed by atoms with Crippen molar-refractivity contribution < 1.29 is 9.59 Å². The van der Waals surface area contributed by atoms with Crippen molar-refractivity contribution in [3.63, 3.8) is 0 Å². The van der Waals surface area contributed by atoms with Gasteiger partial charge in [-0.2, -0.15) is 0 Å². The molecule has 0 aromatic heterocycles. The van der Waals surface area contributed by atoms with Crippen LogP contribution in [0.25, 0.3) is 0 Å². The molecule has 0 radical (unpaired) electrons. The normalized spacial score (nSPS) is 10.8. The zero-order chi connectivity index (χ0) is 16.5. The Labute approximate surface area is 133 Å². The standard InChI is InChI=1S/C17H27N3O2/c1-5-18-16(21)11-20(6-2)12-17(22)19-15-10-8-7-9-14(15)13(3)4/h7-10,13H,5-6,11-12H2,1-4H3,(H,18,21)(H,19,22). The Bertz CT molecular complexity index is 500. The Hall–Kier alpha value is -1.88. The number of para-hydroxylation sites is 1. The van der Waals surface area contributed by atoms with Crippen molar-refractivity contribution in [2.75, 3.05) is 31.5 Å². The first-order valence-electron chi connectivity index (χ1n) is 7.85. The first-order chi connectivity index (χ1) is 10.5. The Balaban J connectivity index is 2.63. The van der Waals surface area contributed by atoms with Gasteiger partial charge in [0, 0.05) is 12.2 Å². The Morgan fingerprint density at radius 2 is 1.73 bits per heavy atom. The molecular formula is C17H27N3O2. The van der Waals surface area contributed by atoms with Gasteiger partial charge in [-0.3, -0.25) is 14.5 Å². The fourth-order valence-corrected chi connectivity index (χ4v) is 2.24. The first-order valence-corrected chi connectivity index (χ1v) is 7.85. The zero-order valence-corrected chi connectivity index (χ0v) is 14.0. The molecule has 0 bridgehead atoms. The van der Waals surface area contributed by atoms with Crippen LogP contribution in [0.5, 0.6) is 0 Å². The largest absolute Gasteiger partial charge is 0.355 e. The highest BCUT2D eigenvalue weighted by atomic mass is 16.2. The minimum Gasteiger partial charge on any atom is -0.355 e. The minimum absolute atomic E-state index is 0.0558. The van der Waals surface area contributed by atoms with Gasteiger partial charge in [-0.05, 0) is 31.0 Å². The molecule has 2 N–H and O–H groups in total. The van der Waals surface area contributed by atoms with Crippen molar-refractivity contribution in [1.29, 1.82) is 0 Å². The van der Waals surface area contributed by atoms with Crippen molar-refractivity contribution >= 4 is 17.5 Å². The van der Waals surface area contributed by atoms with E-state index in [1.807, 2.05) is 43.0 Å². The van der Waals surface area contributed by atoms with E-state index < -0.39 is 0 Å². The highest BCUT2D eigenvalue weighted by molar-refractivity contribution is 5.93. The van der Waals surface area contributed by atoms with Gasteiger partial charge < -0.3 is 10.6 Å². The van der Waals surface area contributed by atoms with Crippen LogP contribution in [0.1, 0.15) is 39.2 Å². The molecule has 0 aliphatic rings. The summed E-state index contributed by atoms with van der Waals surface area (Å²) in [7, 11) is 0. The molecule has 5 heteroatoms. The van der Waals surface area contributed by atoms with Gasteiger partial charge in [-0.1, -0.05) is 39.0 Å². The SMILES string of the molecule is CCNC(=O)CN(CC)CC(=O)Nc1ccccc1C(C)C. The van der Waals surface area contributed by atoms with Gasteiger partial charge in [-0.15, -0.1) is 0 Å². The van der Waals surface area contributed by atoms with Gasteiger partial charge in [-0.25, -0.2) is 0 Å². The fraction of sp³-hybridized carbons (Fsp3) is 0.529. The van der Waals surface area contributed by atoms with Crippen LogP contribution < -0.4 is 10.6 Å². The van der Waals surface area contributed by atoms with E-state index >= 15 is 0 Å². The van der Waals surface area contributed by atoms with E-state index in [4.69, 9.17) is 0 Å². The molecule has 22 heavy (non-hydrogen) atoms. The molecule has 0 aliphatic heterocycles. The smallest absolute Gasteiger partial charge is 0.238 e. The Kier molecular flexibility index (Phi) is 7.60. The third-order valence-electron chi connectivity index (χ3n) is 3.41. The summed E-state index contributed by atoms with van der Waals surface area (Å²) in [4.78, 5) is 25.6. The first kappa shape index (κ1) is 18.2. The molecule has 0 heterocycles. The molecule has 5 nitrogen and oxygen atoms in total. The molecule has 0 saturated heterocycles. The number of anilines is 1. The highest BCUT2D eigenvalue weighted by Gasteiger charge is 2.14. The van der Waals surface area contributed by atoms with E-state index in [2.05, 4.69) is 24.5 Å². The molecule has 0 aliphatic carbocycles. The topological polar surface area (TPSA) is 61.4 Å². The van der Waals surface area contributed by atoms with Crippen LogP contribution in [-0.2, 0) is 9.59 Å². The number of rotatable bonds is 8. The summed E-state index contributed by atoms with van der Waals surface area (Å²) >= 11 is 0. The summed E-state index contributed by atoms with van der Waals surface area (Å²) in [6.07, 6.45) is 0. The van der Waals surface area contributed by atoms with Gasteiger partial charge in [0.1, 0.15) is 0 Å². The average Bonchev–Trinajstić information content (AvgIpc) is 2.47. The second kappa shape index (κ2) is 9.20. The number of likely N-dealkylation sites (N-methyl/N-ethyl adjacent to an activating group) is 2. The highest BCUT2D eigenvalue weighted by Crippen LogP contribution is 2.23. The lowest BCUT2D eigenvalue weighted by Gasteiger charge is -2.20. The van der Waals surface area contributed by atoms with Gasteiger partial charge >= 0.3 is 0 Å². The van der Waals surface area contributed by atoms with E-state index in [0.717, 1.165) is 11.3 Å². The molecular weight excluding hydrogens is 278 g/mol. The molecule has 0 spiro atoms. The number of benzene rings is 1. The number of nitrogens with one attached hydrogen (secondary N) is 2. The molecule has 2 amide bonds. The minimum atomic E-state index is -0.0979. The second-order valence-electron chi connectivity index (χ2n) is 5.55. The molecule has 0 fully saturated rings. The molecule has 0 unspecified atom stereocenters. The number of hydrogen-bond acceptors (Lipinski definition) is 3. The summed E-state index contributed by atoms with van der Waals surface area (Å²) < 4.78 is 0. The molecule has 122 valence electrons. The third-order valence-corrected chi connectivity index (χ3v) is 3.41. The lowest BCUT2D eigenvalue weighted by Crippen LogP contribution is -2.41. The lowest BCUT2D eigenvalue weighted by molar-refractivity contribution is -0.123. The molecule has 1 aromatic rings. The van der Waals surface area contributed by atoms with Crippen molar-refractivity contribution in [2.24, 2.45) is 0 Å². The molecule has 1 rings (SSSR count). The summed E-state index contributed by atoms with van der Waals surface area (Å²) in [5, 5.41) is 5.69. The fourth-order valence-electron chi connectivity index (χ4n) is 2.24. The van der Waals surface area contributed by atoms with Crippen LogP contribution in [-0.4, -0.2) is 42.9 Å². The molecule has 1 aromatic carbocycles. The molecule has 0 atom stereocenters. The van der Waals surface area contributed by atoms with Crippen LogP contribution in [0.4, 0.5) is 5.69 Å². The van der Waals surface area contributed by atoms with E-state index in [0.29, 0.717) is 19.0 Å². The predicted molar refractivity (Wildman–Crippen MR) is 90.0 cm³/mol. The number of nitrogens with zero attached hydrogens (tertiary/aromatic N) is 1. The van der Waals surface area contributed by atoms with Crippen LogP contribution in [0.2, 0.25) is 0 Å². The van der Waals surface area contributed by atoms with Gasteiger partial charge in [0.05, 0.1) is 13.1 Å². The van der Waals surface area contributed by atoms with E-state index in [1.54, 1.807) is 0 Å². The Morgan fingerprint density at radius 1 is 1.09 bits per heavy atom. The van der Waals surface area contributed by atoms with Crippen LogP contribution >= 0.6 is 0 Å². The third kappa shape index (κ3) is 5.85.